The molecule has 1 atom stereocenters. The van der Waals surface area contributed by atoms with Crippen molar-refractivity contribution in [3.63, 3.8) is 0 Å². The van der Waals surface area contributed by atoms with Crippen molar-refractivity contribution in [3.05, 3.63) is 35.4 Å². The van der Waals surface area contributed by atoms with E-state index >= 15 is 0 Å². The Morgan fingerprint density at radius 2 is 2.36 bits per heavy atom. The summed E-state index contributed by atoms with van der Waals surface area (Å²) < 4.78 is 0. The lowest BCUT2D eigenvalue weighted by molar-refractivity contribution is -0.115. The van der Waals surface area contributed by atoms with Gasteiger partial charge in [0.25, 0.3) is 5.91 Å². The Morgan fingerprint density at radius 3 is 3.12 bits per heavy atom. The van der Waals surface area contributed by atoms with E-state index in [9.17, 15) is 4.79 Å². The molecular formula is C19H24N4O2. The van der Waals surface area contributed by atoms with Crippen molar-refractivity contribution in [2.45, 2.75) is 38.8 Å². The van der Waals surface area contributed by atoms with E-state index in [1.165, 1.54) is 0 Å². The van der Waals surface area contributed by atoms with Crippen LogP contribution in [-0.4, -0.2) is 41.8 Å². The Labute approximate surface area is 148 Å². The highest BCUT2D eigenvalue weighted by Gasteiger charge is 2.46. The molecule has 0 saturated carbocycles. The fraction of sp³-hybridized carbons (Fsp3) is 0.526. The monoisotopic (exact) mass is 340 g/mol. The molecule has 6 heteroatoms. The van der Waals surface area contributed by atoms with Crippen molar-refractivity contribution in [1.29, 1.82) is 5.26 Å². The van der Waals surface area contributed by atoms with Gasteiger partial charge in [0, 0.05) is 39.0 Å². The maximum Gasteiger partial charge on any atom is 0.269 e. The zero-order chi connectivity index (χ0) is 17.9. The molecule has 2 aliphatic heterocycles. The second kappa shape index (κ2) is 7.24. The highest BCUT2D eigenvalue weighted by molar-refractivity contribution is 6.39. The zero-order valence-electron chi connectivity index (χ0n) is 14.8. The molecule has 2 aliphatic rings. The molecule has 1 N–H and O–H groups in total. The number of amides is 1. The van der Waals surface area contributed by atoms with Gasteiger partial charge in [-0.2, -0.15) is 5.26 Å². The number of nitrogens with zero attached hydrogens (tertiary/aromatic N) is 3. The summed E-state index contributed by atoms with van der Waals surface area (Å²) in [6.07, 6.45) is 1.42. The van der Waals surface area contributed by atoms with Crippen LogP contribution in [0, 0.1) is 17.2 Å². The van der Waals surface area contributed by atoms with Crippen LogP contribution in [0.15, 0.2) is 29.4 Å². The van der Waals surface area contributed by atoms with Gasteiger partial charge in [-0.1, -0.05) is 31.1 Å². The Morgan fingerprint density at radius 1 is 1.52 bits per heavy atom. The molecule has 0 aliphatic carbocycles. The maximum absolute atomic E-state index is 12.2. The fourth-order valence-corrected chi connectivity index (χ4v) is 3.32. The normalized spacial score (nSPS) is 22.7. The maximum atomic E-state index is 12.2. The molecule has 0 unspecified atom stereocenters. The minimum atomic E-state index is -0.378. The molecule has 2 heterocycles. The van der Waals surface area contributed by atoms with Crippen LogP contribution in [-0.2, 0) is 16.2 Å². The van der Waals surface area contributed by atoms with Gasteiger partial charge >= 0.3 is 0 Å². The highest BCUT2D eigenvalue weighted by atomic mass is 16.7. The van der Waals surface area contributed by atoms with Crippen LogP contribution in [0.25, 0.3) is 0 Å². The number of carbonyl (C=O) groups is 1. The number of nitriles is 1. The largest absolute Gasteiger partial charge is 0.387 e. The van der Waals surface area contributed by atoms with Crippen LogP contribution in [0.5, 0.6) is 0 Å². The molecule has 6 nitrogen and oxygen atoms in total. The van der Waals surface area contributed by atoms with Crippen molar-refractivity contribution in [1.82, 2.24) is 10.2 Å². The first-order valence-corrected chi connectivity index (χ1v) is 8.74. The first-order valence-electron chi connectivity index (χ1n) is 8.74. The van der Waals surface area contributed by atoms with Gasteiger partial charge in [-0.25, -0.2) is 0 Å². The number of oxime groups is 1. The molecule has 132 valence electrons. The standard InChI is InChI=1S/C19H24N4O2/c1-14(2)11-21-18(24)17-9-19(25-22-17)6-7-23(13-19)12-16-5-3-4-15(8-16)10-20/h3-5,8,14H,6-7,9,11-13H2,1-2H3,(H,21,24)/t19-/m1/s1. The van der Waals surface area contributed by atoms with E-state index in [2.05, 4.69) is 35.3 Å². The zero-order valence-corrected chi connectivity index (χ0v) is 14.8. The summed E-state index contributed by atoms with van der Waals surface area (Å²) >= 11 is 0. The third-order valence-electron chi connectivity index (χ3n) is 4.63. The number of benzene rings is 1. The molecule has 1 fully saturated rings. The first-order chi connectivity index (χ1) is 12.0. The van der Waals surface area contributed by atoms with Gasteiger partial charge in [-0.3, -0.25) is 9.69 Å². The Balaban J connectivity index is 1.55. The van der Waals surface area contributed by atoms with Crippen molar-refractivity contribution in [2.75, 3.05) is 19.6 Å². The molecule has 1 amide bonds. The van der Waals surface area contributed by atoms with Crippen LogP contribution >= 0.6 is 0 Å². The van der Waals surface area contributed by atoms with Crippen LogP contribution in [0.4, 0.5) is 0 Å². The molecule has 1 saturated heterocycles. The van der Waals surface area contributed by atoms with Crippen LogP contribution in [0.3, 0.4) is 0 Å². The summed E-state index contributed by atoms with van der Waals surface area (Å²) in [7, 11) is 0. The van der Waals surface area contributed by atoms with Crippen LogP contribution < -0.4 is 5.32 Å². The van der Waals surface area contributed by atoms with Gasteiger partial charge in [0.15, 0.2) is 5.60 Å². The smallest absolute Gasteiger partial charge is 0.269 e. The summed E-state index contributed by atoms with van der Waals surface area (Å²) in [5, 5.41) is 16.0. The van der Waals surface area contributed by atoms with E-state index in [0.717, 1.165) is 31.6 Å². The van der Waals surface area contributed by atoms with E-state index in [-0.39, 0.29) is 11.5 Å². The van der Waals surface area contributed by atoms with Crippen molar-refractivity contribution >= 4 is 11.6 Å². The minimum absolute atomic E-state index is 0.120. The van der Waals surface area contributed by atoms with Crippen molar-refractivity contribution in [2.24, 2.45) is 11.1 Å². The number of rotatable bonds is 5. The molecule has 1 aromatic carbocycles. The average molecular weight is 340 g/mol. The summed E-state index contributed by atoms with van der Waals surface area (Å²) in [5.74, 6) is 0.290. The number of likely N-dealkylation sites (tertiary alicyclic amines) is 1. The van der Waals surface area contributed by atoms with Gasteiger partial charge in [0.05, 0.1) is 11.6 Å². The summed E-state index contributed by atoms with van der Waals surface area (Å²) in [4.78, 5) is 20.1. The molecule has 0 radical (unpaired) electrons. The number of hydrogen-bond acceptors (Lipinski definition) is 5. The molecule has 3 rings (SSSR count). The fourth-order valence-electron chi connectivity index (χ4n) is 3.32. The molecule has 25 heavy (non-hydrogen) atoms. The van der Waals surface area contributed by atoms with Gasteiger partial charge in [-0.05, 0) is 23.6 Å². The second-order valence-electron chi connectivity index (χ2n) is 7.37. The summed E-state index contributed by atoms with van der Waals surface area (Å²) in [6.45, 7) is 7.18. The van der Waals surface area contributed by atoms with Gasteiger partial charge in [0.1, 0.15) is 5.71 Å². The van der Waals surface area contributed by atoms with E-state index in [1.807, 2.05) is 24.3 Å². The quantitative estimate of drug-likeness (QED) is 0.890. The number of nitrogens with one attached hydrogen (secondary N) is 1. The molecule has 1 spiro atoms. The van der Waals surface area contributed by atoms with Crippen LogP contribution in [0.2, 0.25) is 0 Å². The molecule has 0 bridgehead atoms. The lowest BCUT2D eigenvalue weighted by Crippen LogP contribution is -2.37. The Hall–Kier alpha value is -2.39. The molecule has 1 aromatic rings. The van der Waals surface area contributed by atoms with Crippen molar-refractivity contribution in [3.8, 4) is 6.07 Å². The lowest BCUT2D eigenvalue weighted by atomic mass is 9.96. The van der Waals surface area contributed by atoms with E-state index in [0.29, 0.717) is 30.2 Å². The topological polar surface area (TPSA) is 77.7 Å². The molecule has 0 aromatic heterocycles. The van der Waals surface area contributed by atoms with Gasteiger partial charge < -0.3 is 10.2 Å². The van der Waals surface area contributed by atoms with Gasteiger partial charge in [-0.15, -0.1) is 0 Å². The van der Waals surface area contributed by atoms with Crippen LogP contribution in [0.1, 0.15) is 37.8 Å². The first kappa shape index (κ1) is 17.4. The number of hydrogen-bond donors (Lipinski definition) is 1. The van der Waals surface area contributed by atoms with E-state index < -0.39 is 0 Å². The predicted octanol–water partition coefficient (Wildman–Crippen LogP) is 2.05. The van der Waals surface area contributed by atoms with Crippen molar-refractivity contribution < 1.29 is 9.63 Å². The minimum Gasteiger partial charge on any atom is -0.387 e. The predicted molar refractivity (Wildman–Crippen MR) is 94.8 cm³/mol. The summed E-state index contributed by atoms with van der Waals surface area (Å²) in [6, 6.07) is 9.84. The second-order valence-corrected chi connectivity index (χ2v) is 7.37. The highest BCUT2D eigenvalue weighted by Crippen LogP contribution is 2.34. The Bertz CT molecular complexity index is 722. The van der Waals surface area contributed by atoms with E-state index in [1.54, 1.807) is 0 Å². The number of carbonyl (C=O) groups excluding carboxylic acids is 1. The average Bonchev–Trinajstić information content (AvgIpc) is 3.20. The van der Waals surface area contributed by atoms with Gasteiger partial charge in [0.2, 0.25) is 0 Å². The third kappa shape index (κ3) is 4.18. The Kier molecular flexibility index (Phi) is 5.05. The third-order valence-corrected chi connectivity index (χ3v) is 4.63. The SMILES string of the molecule is CC(C)CNC(=O)C1=NO[C@]2(CCN(Cc3cccc(C#N)c3)C2)C1. The lowest BCUT2D eigenvalue weighted by Gasteiger charge is -2.21. The van der Waals surface area contributed by atoms with E-state index in [4.69, 9.17) is 10.1 Å². The molecular weight excluding hydrogens is 316 g/mol. The summed E-state index contributed by atoms with van der Waals surface area (Å²) in [5.41, 5.74) is 1.91.